The van der Waals surface area contributed by atoms with Gasteiger partial charge in [-0.2, -0.15) is 13.2 Å². The highest BCUT2D eigenvalue weighted by atomic mass is 19.4. The number of anilines is 3. The van der Waals surface area contributed by atoms with E-state index in [1.54, 1.807) is 22.8 Å². The zero-order valence-corrected chi connectivity index (χ0v) is 15.9. The molecule has 0 radical (unpaired) electrons. The number of nitrogens with two attached hydrogens (primary N) is 1. The van der Waals surface area contributed by atoms with Crippen molar-refractivity contribution in [2.75, 3.05) is 16.5 Å². The molecule has 1 aromatic heterocycles. The van der Waals surface area contributed by atoms with Crippen molar-refractivity contribution in [2.45, 2.75) is 19.3 Å². The Morgan fingerprint density at radius 1 is 1.07 bits per heavy atom. The van der Waals surface area contributed by atoms with E-state index in [-0.39, 0.29) is 12.2 Å². The molecule has 3 aromatic rings. The Morgan fingerprint density at radius 2 is 1.83 bits per heavy atom. The van der Waals surface area contributed by atoms with Crippen LogP contribution >= 0.6 is 0 Å². The third kappa shape index (κ3) is 3.52. The van der Waals surface area contributed by atoms with Crippen molar-refractivity contribution < 1.29 is 17.6 Å². The van der Waals surface area contributed by atoms with Gasteiger partial charge in [-0.3, -0.25) is 4.79 Å². The molecule has 0 bridgehead atoms. The molecule has 0 saturated carbocycles. The Kier molecular flexibility index (Phi) is 4.77. The summed E-state index contributed by atoms with van der Waals surface area (Å²) in [7, 11) is 0. The second kappa shape index (κ2) is 7.17. The first kappa shape index (κ1) is 20.0. The molecule has 0 saturated heterocycles. The summed E-state index contributed by atoms with van der Waals surface area (Å²) in [5.74, 6) is -0.438. The van der Waals surface area contributed by atoms with Crippen molar-refractivity contribution >= 4 is 17.1 Å². The van der Waals surface area contributed by atoms with Crippen LogP contribution in [0.15, 0.2) is 59.5 Å². The van der Waals surface area contributed by atoms with Crippen LogP contribution in [-0.4, -0.2) is 11.7 Å². The summed E-state index contributed by atoms with van der Waals surface area (Å²) in [5.41, 5.74) is 7.80. The van der Waals surface area contributed by atoms with Gasteiger partial charge in [-0.25, -0.2) is 4.39 Å². The van der Waals surface area contributed by atoms with Gasteiger partial charge < -0.3 is 20.5 Å². The fraction of sp³-hybridized carbons (Fsp3) is 0.190. The molecule has 0 aliphatic carbocycles. The van der Waals surface area contributed by atoms with E-state index in [0.29, 0.717) is 28.2 Å². The third-order valence-electron chi connectivity index (χ3n) is 5.15. The van der Waals surface area contributed by atoms with Crippen molar-refractivity contribution in [3.05, 3.63) is 87.6 Å². The molecular formula is C21H18F4N4O. The Hall–Kier alpha value is -3.33. The lowest BCUT2D eigenvalue weighted by Gasteiger charge is -2.44. The fourth-order valence-electron chi connectivity index (χ4n) is 3.64. The van der Waals surface area contributed by atoms with E-state index in [1.807, 2.05) is 0 Å². The highest BCUT2D eigenvalue weighted by Crippen LogP contribution is 2.43. The van der Waals surface area contributed by atoms with Crippen LogP contribution in [0.3, 0.4) is 0 Å². The quantitative estimate of drug-likeness (QED) is 0.605. The first-order valence-corrected chi connectivity index (χ1v) is 9.11. The molecule has 0 spiro atoms. The molecule has 1 atom stereocenters. The minimum absolute atomic E-state index is 0.105. The zero-order chi connectivity index (χ0) is 21.6. The normalized spacial score (nSPS) is 16.5. The summed E-state index contributed by atoms with van der Waals surface area (Å²) < 4.78 is 53.7. The monoisotopic (exact) mass is 418 g/mol. The average molecular weight is 418 g/mol. The van der Waals surface area contributed by atoms with Crippen LogP contribution in [0.2, 0.25) is 0 Å². The molecule has 1 unspecified atom stereocenters. The number of aryl methyl sites for hydroxylation is 1. The van der Waals surface area contributed by atoms with Crippen LogP contribution in [0, 0.1) is 12.7 Å². The molecule has 9 heteroatoms. The van der Waals surface area contributed by atoms with E-state index < -0.39 is 23.7 Å². The minimum atomic E-state index is -4.52. The lowest BCUT2D eigenvalue weighted by Crippen LogP contribution is -2.47. The second-order valence-electron chi connectivity index (χ2n) is 7.10. The number of hydrogen-bond acceptors (Lipinski definition) is 4. The van der Waals surface area contributed by atoms with Crippen LogP contribution in [0.25, 0.3) is 0 Å². The first-order chi connectivity index (χ1) is 14.1. The second-order valence-corrected chi connectivity index (χ2v) is 7.10. The maximum Gasteiger partial charge on any atom is 0.416 e. The highest BCUT2D eigenvalue weighted by Gasteiger charge is 2.36. The van der Waals surface area contributed by atoms with E-state index >= 15 is 0 Å². The smallest absolute Gasteiger partial charge is 0.333 e. The summed E-state index contributed by atoms with van der Waals surface area (Å²) in [6, 6.07) is 10.4. The van der Waals surface area contributed by atoms with E-state index in [2.05, 4.69) is 4.98 Å². The third-order valence-corrected chi connectivity index (χ3v) is 5.15. The summed E-state index contributed by atoms with van der Waals surface area (Å²) in [4.78, 5) is 17.4. The van der Waals surface area contributed by atoms with Crippen molar-refractivity contribution in [3.63, 3.8) is 0 Å². The van der Waals surface area contributed by atoms with Gasteiger partial charge in [-0.05, 0) is 48.9 Å². The number of halogens is 4. The van der Waals surface area contributed by atoms with E-state index in [9.17, 15) is 22.4 Å². The van der Waals surface area contributed by atoms with Gasteiger partial charge in [0.25, 0.3) is 0 Å². The van der Waals surface area contributed by atoms with Crippen LogP contribution in [0.5, 0.6) is 0 Å². The molecule has 0 fully saturated rings. The number of nitrogens with one attached hydrogen (secondary N) is 1. The molecule has 30 heavy (non-hydrogen) atoms. The van der Waals surface area contributed by atoms with E-state index in [4.69, 9.17) is 5.73 Å². The molecular weight excluding hydrogens is 400 g/mol. The van der Waals surface area contributed by atoms with Gasteiger partial charge in [0.15, 0.2) is 0 Å². The first-order valence-electron chi connectivity index (χ1n) is 9.11. The van der Waals surface area contributed by atoms with Gasteiger partial charge in [0.05, 0.1) is 17.9 Å². The van der Waals surface area contributed by atoms with Crippen molar-refractivity contribution in [3.8, 4) is 0 Å². The number of hydrogen-bond donors (Lipinski definition) is 2. The molecule has 0 amide bonds. The number of benzene rings is 2. The molecule has 156 valence electrons. The number of fused-ring (bicyclic) bond motifs is 1. The average Bonchev–Trinajstić information content (AvgIpc) is 2.69. The predicted molar refractivity (Wildman–Crippen MR) is 106 cm³/mol. The van der Waals surface area contributed by atoms with Crippen molar-refractivity contribution in [1.82, 2.24) is 4.98 Å². The predicted octanol–water partition coefficient (Wildman–Crippen LogP) is 4.41. The van der Waals surface area contributed by atoms with Crippen molar-refractivity contribution in [2.24, 2.45) is 5.73 Å². The van der Waals surface area contributed by atoms with Gasteiger partial charge in [0.2, 0.25) is 5.56 Å². The van der Waals surface area contributed by atoms with Gasteiger partial charge in [0.1, 0.15) is 12.0 Å². The Balaban J connectivity index is 1.89. The maximum atomic E-state index is 13.6. The molecule has 2 aromatic carbocycles. The summed E-state index contributed by atoms with van der Waals surface area (Å²) in [5, 5.41) is 0. The van der Waals surface area contributed by atoms with Crippen LogP contribution < -0.4 is 21.1 Å². The van der Waals surface area contributed by atoms with Gasteiger partial charge in [0, 0.05) is 29.2 Å². The lowest BCUT2D eigenvalue weighted by atomic mass is 10.0. The molecule has 1 aliphatic heterocycles. The molecule has 2 heterocycles. The van der Waals surface area contributed by atoms with Gasteiger partial charge in [-0.1, -0.05) is 6.07 Å². The lowest BCUT2D eigenvalue weighted by molar-refractivity contribution is -0.137. The van der Waals surface area contributed by atoms with Gasteiger partial charge in [-0.15, -0.1) is 0 Å². The minimum Gasteiger partial charge on any atom is -0.333 e. The molecule has 5 nitrogen and oxygen atoms in total. The van der Waals surface area contributed by atoms with Crippen LogP contribution in [0.1, 0.15) is 22.9 Å². The fourth-order valence-corrected chi connectivity index (χ4v) is 3.64. The summed E-state index contributed by atoms with van der Waals surface area (Å²) >= 11 is 0. The number of pyridine rings is 1. The highest BCUT2D eigenvalue weighted by molar-refractivity contribution is 5.74. The molecule has 4 rings (SSSR count). The largest absolute Gasteiger partial charge is 0.416 e. The number of aromatic nitrogens is 1. The molecule has 1 aliphatic rings. The number of rotatable bonds is 2. The number of H-pyrrole nitrogens is 1. The number of nitrogens with zero attached hydrogens (tertiary/aromatic N) is 2. The van der Waals surface area contributed by atoms with Crippen LogP contribution in [-0.2, 0) is 6.18 Å². The van der Waals surface area contributed by atoms with Crippen LogP contribution in [0.4, 0.5) is 34.6 Å². The summed E-state index contributed by atoms with van der Waals surface area (Å²) in [6.07, 6.45) is -3.77. The van der Waals surface area contributed by atoms with E-state index in [1.165, 1.54) is 36.5 Å². The Labute approximate surface area is 169 Å². The zero-order valence-electron chi connectivity index (χ0n) is 15.9. The maximum absolute atomic E-state index is 13.6. The van der Waals surface area contributed by atoms with Gasteiger partial charge >= 0.3 is 6.18 Å². The Morgan fingerprint density at radius 3 is 2.47 bits per heavy atom. The topological polar surface area (TPSA) is 65.4 Å². The van der Waals surface area contributed by atoms with E-state index in [0.717, 1.165) is 12.1 Å². The van der Waals surface area contributed by atoms with Crippen molar-refractivity contribution in [1.29, 1.82) is 0 Å². The molecule has 3 N–H and O–H groups in total. The SMILES string of the molecule is Cc1cc(F)ccc1N1CN(c2ccc(=O)[nH]c2)C(N)c2ccc(C(F)(F)F)cc21. The Bertz CT molecular complexity index is 1140. The summed E-state index contributed by atoms with van der Waals surface area (Å²) in [6.45, 7) is 1.79. The number of aromatic amines is 1. The number of alkyl halides is 3. The standard InChI is InChI=1S/C21H18F4N4O/c1-12-8-14(22)3-6-17(12)29-11-28(15-4-7-19(30)27-10-15)20(26)16-5-2-13(9-18(16)29)21(23,24)25/h2-10,20H,11,26H2,1H3,(H,27,30).